The second-order valence-electron chi connectivity index (χ2n) is 4.56. The first-order valence-corrected chi connectivity index (χ1v) is 6.17. The van der Waals surface area contributed by atoms with Crippen LogP contribution in [0.3, 0.4) is 0 Å². The molecule has 0 unspecified atom stereocenters. The number of nitriles is 1. The number of aliphatic hydroxyl groups is 1. The summed E-state index contributed by atoms with van der Waals surface area (Å²) in [5, 5.41) is 18.3. The standard InChI is InChI=1S/C16H14FNO2/c1-10-3-4-12(9-18)7-16(10)20-15-6-5-13(11(2)19)8-14(15)17/h3-8,11,19H,1-2H3/t11-/m1/s1. The second kappa shape index (κ2) is 5.72. The molecule has 0 aliphatic carbocycles. The Morgan fingerprint density at radius 2 is 1.95 bits per heavy atom. The molecule has 1 atom stereocenters. The third-order valence-corrected chi connectivity index (χ3v) is 2.98. The summed E-state index contributed by atoms with van der Waals surface area (Å²) >= 11 is 0. The van der Waals surface area contributed by atoms with Crippen molar-refractivity contribution in [3.05, 3.63) is 58.9 Å². The summed E-state index contributed by atoms with van der Waals surface area (Å²) in [6.07, 6.45) is -0.734. The normalized spacial score (nSPS) is 11.8. The molecule has 0 fully saturated rings. The van der Waals surface area contributed by atoms with Crippen molar-refractivity contribution >= 4 is 0 Å². The number of halogens is 1. The summed E-state index contributed by atoms with van der Waals surface area (Å²) < 4.78 is 19.4. The number of ether oxygens (including phenoxy) is 1. The summed E-state index contributed by atoms with van der Waals surface area (Å²) in [5.74, 6) is -0.0505. The second-order valence-corrected chi connectivity index (χ2v) is 4.56. The van der Waals surface area contributed by atoms with Crippen LogP contribution in [0.25, 0.3) is 0 Å². The van der Waals surface area contributed by atoms with Crippen LogP contribution < -0.4 is 4.74 Å². The molecule has 0 aliphatic heterocycles. The fraction of sp³-hybridized carbons (Fsp3) is 0.188. The monoisotopic (exact) mass is 271 g/mol. The fourth-order valence-electron chi connectivity index (χ4n) is 1.76. The quantitative estimate of drug-likeness (QED) is 0.922. The van der Waals surface area contributed by atoms with Gasteiger partial charge in [-0.25, -0.2) is 4.39 Å². The van der Waals surface area contributed by atoms with Gasteiger partial charge in [0, 0.05) is 0 Å². The maximum Gasteiger partial charge on any atom is 0.166 e. The van der Waals surface area contributed by atoms with Crippen LogP contribution in [0.5, 0.6) is 11.5 Å². The van der Waals surface area contributed by atoms with Gasteiger partial charge in [0.25, 0.3) is 0 Å². The third-order valence-electron chi connectivity index (χ3n) is 2.98. The minimum Gasteiger partial charge on any atom is -0.454 e. The summed E-state index contributed by atoms with van der Waals surface area (Å²) in [6.45, 7) is 3.38. The maximum atomic E-state index is 13.9. The summed E-state index contributed by atoms with van der Waals surface area (Å²) in [6, 6.07) is 11.3. The molecular weight excluding hydrogens is 257 g/mol. The van der Waals surface area contributed by atoms with E-state index >= 15 is 0 Å². The van der Waals surface area contributed by atoms with E-state index < -0.39 is 11.9 Å². The lowest BCUT2D eigenvalue weighted by Gasteiger charge is -2.11. The molecule has 0 radical (unpaired) electrons. The number of hydrogen-bond acceptors (Lipinski definition) is 3. The first-order chi connectivity index (χ1) is 9.51. The minimum absolute atomic E-state index is 0.0626. The van der Waals surface area contributed by atoms with E-state index in [9.17, 15) is 9.50 Å². The Kier molecular flexibility index (Phi) is 4.02. The van der Waals surface area contributed by atoms with Crippen LogP contribution >= 0.6 is 0 Å². The van der Waals surface area contributed by atoms with Gasteiger partial charge in [-0.15, -0.1) is 0 Å². The summed E-state index contributed by atoms with van der Waals surface area (Å²) in [7, 11) is 0. The zero-order valence-electron chi connectivity index (χ0n) is 11.2. The maximum absolute atomic E-state index is 13.9. The number of benzene rings is 2. The zero-order valence-corrected chi connectivity index (χ0v) is 11.2. The van der Waals surface area contributed by atoms with Gasteiger partial charge in [-0.05, 0) is 49.2 Å². The van der Waals surface area contributed by atoms with E-state index in [4.69, 9.17) is 10.00 Å². The Morgan fingerprint density at radius 1 is 1.20 bits per heavy atom. The summed E-state index contributed by atoms with van der Waals surface area (Å²) in [4.78, 5) is 0. The molecule has 0 spiro atoms. The van der Waals surface area contributed by atoms with Gasteiger partial charge in [0.2, 0.25) is 0 Å². The molecule has 0 bridgehead atoms. The minimum atomic E-state index is -0.734. The first-order valence-electron chi connectivity index (χ1n) is 6.17. The lowest BCUT2D eigenvalue weighted by Crippen LogP contribution is -1.95. The number of rotatable bonds is 3. The van der Waals surface area contributed by atoms with E-state index in [-0.39, 0.29) is 5.75 Å². The summed E-state index contributed by atoms with van der Waals surface area (Å²) in [5.41, 5.74) is 1.74. The Morgan fingerprint density at radius 3 is 2.55 bits per heavy atom. The van der Waals surface area contributed by atoms with Crippen molar-refractivity contribution in [3.63, 3.8) is 0 Å². The molecule has 0 saturated heterocycles. The molecule has 2 aromatic carbocycles. The van der Waals surface area contributed by atoms with Gasteiger partial charge in [-0.1, -0.05) is 12.1 Å². The topological polar surface area (TPSA) is 53.2 Å². The molecule has 20 heavy (non-hydrogen) atoms. The van der Waals surface area contributed by atoms with Crippen molar-refractivity contribution in [3.8, 4) is 17.6 Å². The highest BCUT2D eigenvalue weighted by atomic mass is 19.1. The van der Waals surface area contributed by atoms with E-state index in [1.807, 2.05) is 13.0 Å². The smallest absolute Gasteiger partial charge is 0.166 e. The van der Waals surface area contributed by atoms with Crippen LogP contribution in [0.2, 0.25) is 0 Å². The van der Waals surface area contributed by atoms with E-state index in [1.165, 1.54) is 12.1 Å². The fourth-order valence-corrected chi connectivity index (χ4v) is 1.76. The first kappa shape index (κ1) is 14.0. The van der Waals surface area contributed by atoms with Gasteiger partial charge in [-0.3, -0.25) is 0 Å². The highest BCUT2D eigenvalue weighted by Gasteiger charge is 2.10. The Balaban J connectivity index is 2.33. The molecule has 4 heteroatoms. The molecule has 0 saturated carbocycles. The van der Waals surface area contributed by atoms with E-state index in [1.54, 1.807) is 31.2 Å². The number of hydrogen-bond donors (Lipinski definition) is 1. The van der Waals surface area contributed by atoms with Crippen LogP contribution in [-0.4, -0.2) is 5.11 Å². The van der Waals surface area contributed by atoms with Gasteiger partial charge >= 0.3 is 0 Å². The zero-order chi connectivity index (χ0) is 14.7. The number of nitrogens with zero attached hydrogens (tertiary/aromatic N) is 1. The van der Waals surface area contributed by atoms with E-state index in [2.05, 4.69) is 0 Å². The molecule has 2 rings (SSSR count). The highest BCUT2D eigenvalue weighted by molar-refractivity contribution is 5.44. The van der Waals surface area contributed by atoms with Crippen LogP contribution in [-0.2, 0) is 0 Å². The van der Waals surface area contributed by atoms with Crippen molar-refractivity contribution in [2.24, 2.45) is 0 Å². The third kappa shape index (κ3) is 2.95. The number of aliphatic hydroxyl groups excluding tert-OH is 1. The molecule has 0 aromatic heterocycles. The molecule has 0 aliphatic rings. The van der Waals surface area contributed by atoms with Crippen molar-refractivity contribution in [2.45, 2.75) is 20.0 Å². The molecule has 0 heterocycles. The van der Waals surface area contributed by atoms with Crippen molar-refractivity contribution in [2.75, 3.05) is 0 Å². The Hall–Kier alpha value is -2.38. The molecule has 102 valence electrons. The van der Waals surface area contributed by atoms with Crippen molar-refractivity contribution in [1.82, 2.24) is 0 Å². The average Bonchev–Trinajstić information content (AvgIpc) is 2.43. The highest BCUT2D eigenvalue weighted by Crippen LogP contribution is 2.29. The Labute approximate surface area is 116 Å². The molecular formula is C16H14FNO2. The van der Waals surface area contributed by atoms with Crippen LogP contribution in [0.15, 0.2) is 36.4 Å². The lowest BCUT2D eigenvalue weighted by molar-refractivity contribution is 0.198. The predicted molar refractivity (Wildman–Crippen MR) is 73.0 cm³/mol. The molecule has 0 amide bonds. The number of aryl methyl sites for hydroxylation is 1. The molecule has 2 aromatic rings. The van der Waals surface area contributed by atoms with Gasteiger partial charge in [0.15, 0.2) is 11.6 Å². The van der Waals surface area contributed by atoms with Gasteiger partial charge in [0.05, 0.1) is 17.7 Å². The van der Waals surface area contributed by atoms with Gasteiger partial charge in [-0.2, -0.15) is 5.26 Å². The molecule has 3 nitrogen and oxygen atoms in total. The van der Waals surface area contributed by atoms with Gasteiger partial charge < -0.3 is 9.84 Å². The Bertz CT molecular complexity index is 675. The van der Waals surface area contributed by atoms with Crippen LogP contribution in [0, 0.1) is 24.1 Å². The molecule has 1 N–H and O–H groups in total. The van der Waals surface area contributed by atoms with Crippen molar-refractivity contribution < 1.29 is 14.2 Å². The van der Waals surface area contributed by atoms with Gasteiger partial charge in [0.1, 0.15) is 5.75 Å². The van der Waals surface area contributed by atoms with Crippen molar-refractivity contribution in [1.29, 1.82) is 5.26 Å². The van der Waals surface area contributed by atoms with E-state index in [0.29, 0.717) is 16.9 Å². The average molecular weight is 271 g/mol. The van der Waals surface area contributed by atoms with Crippen LogP contribution in [0.4, 0.5) is 4.39 Å². The SMILES string of the molecule is Cc1ccc(C#N)cc1Oc1ccc([C@@H](C)O)cc1F. The van der Waals surface area contributed by atoms with Crippen LogP contribution in [0.1, 0.15) is 29.7 Å². The lowest BCUT2D eigenvalue weighted by atomic mass is 10.1. The van der Waals surface area contributed by atoms with E-state index in [0.717, 1.165) is 5.56 Å². The predicted octanol–water partition coefficient (Wildman–Crippen LogP) is 3.85. The largest absolute Gasteiger partial charge is 0.454 e.